The first kappa shape index (κ1) is 18.3. The molecular formula is C20H19N5O2S. The van der Waals surface area contributed by atoms with Crippen LogP contribution >= 0.6 is 11.3 Å². The third-order valence-corrected chi connectivity index (χ3v) is 6.30. The number of nitriles is 1. The van der Waals surface area contributed by atoms with Crippen molar-refractivity contribution in [3.05, 3.63) is 50.6 Å². The summed E-state index contributed by atoms with van der Waals surface area (Å²) in [4.78, 5) is 26.9. The van der Waals surface area contributed by atoms with Crippen molar-refractivity contribution in [2.75, 3.05) is 5.32 Å². The molecule has 2 heterocycles. The van der Waals surface area contributed by atoms with Crippen molar-refractivity contribution >= 4 is 33.1 Å². The topological polar surface area (TPSA) is 101 Å². The zero-order valence-corrected chi connectivity index (χ0v) is 16.3. The number of hydrogen-bond acceptors (Lipinski definition) is 6. The number of nitrogens with one attached hydrogen (secondary N) is 1. The van der Waals surface area contributed by atoms with Crippen LogP contribution in [-0.2, 0) is 17.6 Å². The van der Waals surface area contributed by atoms with Gasteiger partial charge in [0, 0.05) is 4.88 Å². The SMILES string of the molecule is CC[C@H](C(=O)Nc1sc2c(c1C#N)CCCC2)n1nnc2ccccc2c1=O. The lowest BCUT2D eigenvalue weighted by atomic mass is 9.96. The van der Waals surface area contributed by atoms with Crippen LogP contribution in [0.15, 0.2) is 29.1 Å². The summed E-state index contributed by atoms with van der Waals surface area (Å²) in [5.74, 6) is -0.357. The Kier molecular flexibility index (Phi) is 4.92. The molecule has 1 amide bonds. The van der Waals surface area contributed by atoms with Gasteiger partial charge in [-0.1, -0.05) is 24.3 Å². The van der Waals surface area contributed by atoms with E-state index in [1.807, 2.05) is 6.92 Å². The second-order valence-electron chi connectivity index (χ2n) is 6.80. The summed E-state index contributed by atoms with van der Waals surface area (Å²) in [6.07, 6.45) is 4.36. The molecular weight excluding hydrogens is 374 g/mol. The van der Waals surface area contributed by atoms with Crippen molar-refractivity contribution in [2.24, 2.45) is 0 Å². The van der Waals surface area contributed by atoms with Crippen LogP contribution in [0.3, 0.4) is 0 Å². The molecule has 0 radical (unpaired) electrons. The first-order valence-electron chi connectivity index (χ1n) is 9.33. The maximum Gasteiger partial charge on any atom is 0.278 e. The average molecular weight is 393 g/mol. The normalized spacial score (nSPS) is 14.3. The van der Waals surface area contributed by atoms with E-state index < -0.39 is 6.04 Å². The molecule has 142 valence electrons. The van der Waals surface area contributed by atoms with E-state index in [9.17, 15) is 14.9 Å². The molecule has 0 saturated heterocycles. The van der Waals surface area contributed by atoms with E-state index in [1.54, 1.807) is 24.3 Å². The number of anilines is 1. The Morgan fingerprint density at radius 3 is 2.93 bits per heavy atom. The van der Waals surface area contributed by atoms with Crippen LogP contribution in [0.4, 0.5) is 5.00 Å². The molecule has 8 heteroatoms. The molecule has 1 aliphatic carbocycles. The van der Waals surface area contributed by atoms with Gasteiger partial charge in [-0.25, -0.2) is 0 Å². The van der Waals surface area contributed by atoms with Gasteiger partial charge in [0.1, 0.15) is 22.6 Å². The monoisotopic (exact) mass is 393 g/mol. The molecule has 2 aromatic heterocycles. The number of hydrogen-bond donors (Lipinski definition) is 1. The van der Waals surface area contributed by atoms with Gasteiger partial charge in [-0.3, -0.25) is 9.59 Å². The van der Waals surface area contributed by atoms with E-state index >= 15 is 0 Å². The summed E-state index contributed by atoms with van der Waals surface area (Å²) in [5.41, 5.74) is 1.76. The average Bonchev–Trinajstić information content (AvgIpc) is 3.07. The Morgan fingerprint density at radius 2 is 2.14 bits per heavy atom. The highest BCUT2D eigenvalue weighted by molar-refractivity contribution is 7.16. The first-order valence-corrected chi connectivity index (χ1v) is 10.2. The predicted molar refractivity (Wildman–Crippen MR) is 107 cm³/mol. The van der Waals surface area contributed by atoms with Gasteiger partial charge < -0.3 is 5.32 Å². The largest absolute Gasteiger partial charge is 0.315 e. The standard InChI is InChI=1S/C20H19N5O2S/c1-2-16(25-20(27)13-8-3-5-9-15(13)23-24-25)18(26)22-19-14(11-21)12-7-4-6-10-17(12)28-19/h3,5,8-9,16H,2,4,6-7,10H2,1H3,(H,22,26)/t16-/m1/s1. The van der Waals surface area contributed by atoms with E-state index in [-0.39, 0.29) is 11.5 Å². The Bertz CT molecular complexity index is 1160. The van der Waals surface area contributed by atoms with Gasteiger partial charge in [-0.2, -0.15) is 9.94 Å². The molecule has 0 fully saturated rings. The number of fused-ring (bicyclic) bond motifs is 2. The summed E-state index contributed by atoms with van der Waals surface area (Å²) < 4.78 is 1.14. The van der Waals surface area contributed by atoms with Crippen LogP contribution in [0.5, 0.6) is 0 Å². The number of carbonyl (C=O) groups is 1. The maximum absolute atomic E-state index is 13.0. The van der Waals surface area contributed by atoms with E-state index in [2.05, 4.69) is 21.7 Å². The molecule has 0 aliphatic heterocycles. The summed E-state index contributed by atoms with van der Waals surface area (Å²) in [7, 11) is 0. The maximum atomic E-state index is 13.0. The van der Waals surface area contributed by atoms with Gasteiger partial charge in [0.25, 0.3) is 5.56 Å². The van der Waals surface area contributed by atoms with Crippen molar-refractivity contribution in [1.29, 1.82) is 5.26 Å². The lowest BCUT2D eigenvalue weighted by Crippen LogP contribution is -2.35. The molecule has 1 aromatic carbocycles. The Morgan fingerprint density at radius 1 is 1.36 bits per heavy atom. The third-order valence-electron chi connectivity index (χ3n) is 5.10. The molecule has 0 saturated carbocycles. The molecule has 4 rings (SSSR count). The highest BCUT2D eigenvalue weighted by Gasteiger charge is 2.26. The minimum atomic E-state index is -0.796. The van der Waals surface area contributed by atoms with Gasteiger partial charge in [0.2, 0.25) is 5.91 Å². The Labute approximate surface area is 165 Å². The lowest BCUT2D eigenvalue weighted by Gasteiger charge is -2.16. The molecule has 0 bridgehead atoms. The quantitative estimate of drug-likeness (QED) is 0.734. The number of nitrogens with zero attached hydrogens (tertiary/aromatic N) is 4. The van der Waals surface area contributed by atoms with Crippen molar-refractivity contribution < 1.29 is 4.79 Å². The number of thiophene rings is 1. The fourth-order valence-corrected chi connectivity index (χ4v) is 4.89. The number of aryl methyl sites for hydroxylation is 1. The summed E-state index contributed by atoms with van der Waals surface area (Å²) in [5, 5.41) is 21.5. The second-order valence-corrected chi connectivity index (χ2v) is 7.90. The third kappa shape index (κ3) is 3.08. The van der Waals surface area contributed by atoms with Gasteiger partial charge in [-0.15, -0.1) is 16.4 Å². The van der Waals surface area contributed by atoms with Gasteiger partial charge in [0.05, 0.1) is 10.9 Å². The zero-order valence-electron chi connectivity index (χ0n) is 15.4. The Hall–Kier alpha value is -3.05. The summed E-state index contributed by atoms with van der Waals surface area (Å²) in [6, 6.07) is 8.37. The molecule has 1 N–H and O–H groups in total. The molecule has 3 aromatic rings. The number of amides is 1. The molecule has 0 spiro atoms. The van der Waals surface area contributed by atoms with Crippen LogP contribution in [0, 0.1) is 11.3 Å². The van der Waals surface area contributed by atoms with Crippen LogP contribution < -0.4 is 10.9 Å². The van der Waals surface area contributed by atoms with E-state index in [0.29, 0.717) is 27.9 Å². The number of aromatic nitrogens is 3. The Balaban J connectivity index is 1.68. The van der Waals surface area contributed by atoms with Gasteiger partial charge in [0.15, 0.2) is 0 Å². The van der Waals surface area contributed by atoms with E-state index in [0.717, 1.165) is 35.9 Å². The molecule has 7 nitrogen and oxygen atoms in total. The minimum Gasteiger partial charge on any atom is -0.315 e. The summed E-state index contributed by atoms with van der Waals surface area (Å²) in [6.45, 7) is 1.82. The minimum absolute atomic E-state index is 0.349. The van der Waals surface area contributed by atoms with Crippen molar-refractivity contribution in [3.63, 3.8) is 0 Å². The molecule has 0 unspecified atom stereocenters. The van der Waals surface area contributed by atoms with Crippen molar-refractivity contribution in [3.8, 4) is 6.07 Å². The lowest BCUT2D eigenvalue weighted by molar-refractivity contribution is -0.119. The highest BCUT2D eigenvalue weighted by atomic mass is 32.1. The van der Waals surface area contributed by atoms with Crippen LogP contribution in [-0.4, -0.2) is 20.9 Å². The first-order chi connectivity index (χ1) is 13.6. The van der Waals surface area contributed by atoms with Gasteiger partial charge >= 0.3 is 0 Å². The van der Waals surface area contributed by atoms with Crippen molar-refractivity contribution in [1.82, 2.24) is 15.0 Å². The molecule has 1 aliphatic rings. The van der Waals surface area contributed by atoms with Crippen LogP contribution in [0.2, 0.25) is 0 Å². The molecule has 28 heavy (non-hydrogen) atoms. The fourth-order valence-electron chi connectivity index (χ4n) is 3.64. The predicted octanol–water partition coefficient (Wildman–Crippen LogP) is 3.19. The van der Waals surface area contributed by atoms with Crippen molar-refractivity contribution in [2.45, 2.75) is 45.1 Å². The summed E-state index contributed by atoms with van der Waals surface area (Å²) >= 11 is 1.47. The van der Waals surface area contributed by atoms with Gasteiger partial charge in [-0.05, 0) is 49.8 Å². The van der Waals surface area contributed by atoms with E-state index in [1.165, 1.54) is 16.2 Å². The highest BCUT2D eigenvalue weighted by Crippen LogP contribution is 2.37. The smallest absolute Gasteiger partial charge is 0.278 e. The molecule has 1 atom stereocenters. The number of rotatable bonds is 4. The number of benzene rings is 1. The second kappa shape index (κ2) is 7.52. The van der Waals surface area contributed by atoms with Crippen LogP contribution in [0.25, 0.3) is 10.9 Å². The number of carbonyl (C=O) groups excluding carboxylic acids is 1. The van der Waals surface area contributed by atoms with Crippen LogP contribution in [0.1, 0.15) is 48.2 Å². The zero-order chi connectivity index (χ0) is 19.7. The fraction of sp³-hybridized carbons (Fsp3) is 0.350. The van der Waals surface area contributed by atoms with E-state index in [4.69, 9.17) is 0 Å².